The number of benzene rings is 1. The van der Waals surface area contributed by atoms with Crippen LogP contribution in [0.2, 0.25) is 0 Å². The minimum atomic E-state index is -0.600. The second kappa shape index (κ2) is 12.0. The van der Waals surface area contributed by atoms with Crippen LogP contribution in [0.5, 0.6) is 0 Å². The largest absolute Gasteiger partial charge is 0.389 e. The van der Waals surface area contributed by atoms with Crippen molar-refractivity contribution < 1.29 is 14.6 Å². The highest BCUT2D eigenvalue weighted by Crippen LogP contribution is 2.30. The van der Waals surface area contributed by atoms with Gasteiger partial charge in [-0.3, -0.25) is 4.79 Å². The fraction of sp³-hybridized carbons (Fsp3) is 0.321. The number of nitrogens with two attached hydrogens (primary N) is 1. The molecule has 11 nitrogen and oxygen atoms in total. The number of nitrogens with one attached hydrogen (secondary N) is 1. The molecule has 202 valence electrons. The van der Waals surface area contributed by atoms with Crippen molar-refractivity contribution in [3.8, 4) is 16.9 Å². The first-order valence-corrected chi connectivity index (χ1v) is 13.0. The predicted molar refractivity (Wildman–Crippen MR) is 149 cm³/mol. The topological polar surface area (TPSA) is 144 Å². The molecule has 0 saturated carbocycles. The minimum Gasteiger partial charge on any atom is -0.389 e. The molecule has 1 amide bonds. The van der Waals surface area contributed by atoms with Gasteiger partial charge in [0.05, 0.1) is 25.0 Å². The molecule has 1 fully saturated rings. The second-order valence-corrected chi connectivity index (χ2v) is 9.30. The van der Waals surface area contributed by atoms with E-state index in [0.717, 1.165) is 33.5 Å². The summed E-state index contributed by atoms with van der Waals surface area (Å²) in [6.07, 6.45) is 8.84. The zero-order chi connectivity index (χ0) is 27.2. The summed E-state index contributed by atoms with van der Waals surface area (Å²) in [6, 6.07) is 9.95. The summed E-state index contributed by atoms with van der Waals surface area (Å²) in [5.41, 5.74) is 9.88. The fourth-order valence-corrected chi connectivity index (χ4v) is 4.46. The Labute approximate surface area is 226 Å². The number of ether oxygens (including phenoxy) is 1. The van der Waals surface area contributed by atoms with Crippen molar-refractivity contribution in [3.05, 3.63) is 66.6 Å². The maximum Gasteiger partial charge on any atom is 0.228 e. The fourth-order valence-electron chi connectivity index (χ4n) is 4.46. The van der Waals surface area contributed by atoms with E-state index in [1.54, 1.807) is 24.5 Å². The monoisotopic (exact) mass is 528 g/mol. The predicted octanol–water partition coefficient (Wildman–Crippen LogP) is 2.63. The van der Waals surface area contributed by atoms with Crippen LogP contribution in [0.25, 0.3) is 28.0 Å². The number of carbonyl (C=O) groups excluding carboxylic acids is 1. The van der Waals surface area contributed by atoms with Gasteiger partial charge < -0.3 is 30.4 Å². The maximum absolute atomic E-state index is 12.2. The number of morpholine rings is 1. The molecule has 4 aromatic rings. The van der Waals surface area contributed by atoms with Gasteiger partial charge in [-0.15, -0.1) is 0 Å². The van der Waals surface area contributed by atoms with E-state index in [-0.39, 0.29) is 18.3 Å². The molecule has 39 heavy (non-hydrogen) atoms. The molecular formula is C28H32N8O3. The number of aliphatic hydroxyl groups is 1. The van der Waals surface area contributed by atoms with Crippen LogP contribution in [-0.2, 0) is 16.1 Å². The lowest BCUT2D eigenvalue weighted by atomic mass is 10.1. The van der Waals surface area contributed by atoms with Gasteiger partial charge >= 0.3 is 0 Å². The van der Waals surface area contributed by atoms with Crippen molar-refractivity contribution in [1.82, 2.24) is 29.8 Å². The highest BCUT2D eigenvalue weighted by atomic mass is 16.5. The van der Waals surface area contributed by atoms with Crippen LogP contribution < -0.4 is 16.0 Å². The lowest BCUT2D eigenvalue weighted by Crippen LogP contribution is -2.37. The van der Waals surface area contributed by atoms with Gasteiger partial charge in [0.15, 0.2) is 5.65 Å². The normalized spacial score (nSPS) is 14.7. The summed E-state index contributed by atoms with van der Waals surface area (Å²) >= 11 is 0. The van der Waals surface area contributed by atoms with E-state index < -0.39 is 6.10 Å². The van der Waals surface area contributed by atoms with Crippen molar-refractivity contribution in [3.63, 3.8) is 0 Å². The smallest absolute Gasteiger partial charge is 0.228 e. The van der Waals surface area contributed by atoms with Crippen molar-refractivity contribution in [2.24, 2.45) is 0 Å². The van der Waals surface area contributed by atoms with E-state index in [0.29, 0.717) is 45.2 Å². The summed E-state index contributed by atoms with van der Waals surface area (Å²) in [5, 5.41) is 13.6. The molecule has 3 aromatic heterocycles. The number of fused-ring (bicyclic) bond motifs is 1. The quantitative estimate of drug-likeness (QED) is 0.279. The number of allylic oxidation sites excluding steroid dienone is 1. The highest BCUT2D eigenvalue weighted by molar-refractivity contribution is 5.92. The zero-order valence-electron chi connectivity index (χ0n) is 21.8. The lowest BCUT2D eigenvalue weighted by molar-refractivity contribution is -0.121. The third kappa shape index (κ3) is 6.21. The zero-order valence-corrected chi connectivity index (χ0v) is 21.8. The van der Waals surface area contributed by atoms with E-state index >= 15 is 0 Å². The Kier molecular flexibility index (Phi) is 8.09. The third-order valence-corrected chi connectivity index (χ3v) is 6.56. The van der Waals surface area contributed by atoms with E-state index in [2.05, 4.69) is 20.2 Å². The van der Waals surface area contributed by atoms with Crippen molar-refractivity contribution in [2.45, 2.75) is 32.4 Å². The number of amides is 1. The minimum absolute atomic E-state index is 0.0921. The van der Waals surface area contributed by atoms with E-state index in [4.69, 9.17) is 20.4 Å². The molecule has 1 atom stereocenters. The van der Waals surface area contributed by atoms with Gasteiger partial charge in [0.2, 0.25) is 17.8 Å². The van der Waals surface area contributed by atoms with E-state index in [9.17, 15) is 9.90 Å². The Bertz CT molecular complexity index is 1440. The number of hydrogen-bond donors (Lipinski definition) is 3. The van der Waals surface area contributed by atoms with E-state index in [1.165, 1.54) is 0 Å². The number of aromatic nitrogens is 5. The molecule has 0 bridgehead atoms. The molecule has 5 rings (SSSR count). The Morgan fingerprint density at radius 2 is 1.90 bits per heavy atom. The van der Waals surface area contributed by atoms with Crippen LogP contribution >= 0.6 is 0 Å². The Balaban J connectivity index is 1.39. The molecule has 0 aliphatic carbocycles. The summed E-state index contributed by atoms with van der Waals surface area (Å²) in [7, 11) is 0. The maximum atomic E-state index is 12.2. The van der Waals surface area contributed by atoms with E-state index in [1.807, 2.05) is 48.0 Å². The van der Waals surface area contributed by atoms with Crippen molar-refractivity contribution >= 4 is 28.8 Å². The average molecular weight is 529 g/mol. The standard InChI is InChI=1S/C28H32N8O3/c1-2-3-22(37)8-9-24(38)30-16-19-4-6-21(7-5-19)36-11-10-23-25(20-17-31-27(29)32-18-20)33-28(34-26(23)36)35-12-14-39-15-13-35/h2-7,10-11,17-18,22,37H,8-9,12-16H2,1H3,(H,30,38)(H2,29,31,32). The third-order valence-electron chi connectivity index (χ3n) is 6.56. The Morgan fingerprint density at radius 3 is 2.62 bits per heavy atom. The van der Waals surface area contributed by atoms with Gasteiger partial charge in [0.1, 0.15) is 0 Å². The van der Waals surface area contributed by atoms with Gasteiger partial charge in [-0.05, 0) is 37.1 Å². The number of anilines is 2. The molecule has 1 saturated heterocycles. The van der Waals surface area contributed by atoms with Crippen LogP contribution in [0.15, 0.2) is 61.1 Å². The molecule has 1 unspecified atom stereocenters. The van der Waals surface area contributed by atoms with Crippen LogP contribution in [-0.4, -0.2) is 67.9 Å². The first-order chi connectivity index (χ1) is 19.0. The number of nitrogen functional groups attached to an aromatic ring is 1. The average Bonchev–Trinajstić information content (AvgIpc) is 3.40. The van der Waals surface area contributed by atoms with Crippen LogP contribution in [0.1, 0.15) is 25.3 Å². The highest BCUT2D eigenvalue weighted by Gasteiger charge is 2.20. The first kappa shape index (κ1) is 26.3. The first-order valence-electron chi connectivity index (χ1n) is 13.0. The SMILES string of the molecule is CC=CC(O)CCC(=O)NCc1ccc(-n2ccc3c(-c4cnc(N)nc4)nc(N4CCOCC4)nc32)cc1. The molecule has 4 heterocycles. The number of nitrogens with zero attached hydrogens (tertiary/aromatic N) is 6. The van der Waals surface area contributed by atoms with Crippen molar-refractivity contribution in [2.75, 3.05) is 36.9 Å². The van der Waals surface area contributed by atoms with Crippen LogP contribution in [0.4, 0.5) is 11.9 Å². The summed E-state index contributed by atoms with van der Waals surface area (Å²) in [6.45, 7) is 4.91. The number of rotatable bonds is 9. The molecule has 1 aliphatic heterocycles. The van der Waals surface area contributed by atoms with Crippen LogP contribution in [0.3, 0.4) is 0 Å². The molecule has 0 spiro atoms. The summed E-state index contributed by atoms with van der Waals surface area (Å²) in [4.78, 5) is 32.4. The Morgan fingerprint density at radius 1 is 1.15 bits per heavy atom. The molecule has 1 aromatic carbocycles. The summed E-state index contributed by atoms with van der Waals surface area (Å²) < 4.78 is 7.54. The molecule has 0 radical (unpaired) electrons. The molecular weight excluding hydrogens is 496 g/mol. The molecule has 4 N–H and O–H groups in total. The lowest BCUT2D eigenvalue weighted by Gasteiger charge is -2.27. The van der Waals surface area contributed by atoms with Gasteiger partial charge in [-0.2, -0.15) is 4.98 Å². The van der Waals surface area contributed by atoms with Crippen molar-refractivity contribution in [1.29, 1.82) is 0 Å². The molecule has 11 heteroatoms. The molecule has 1 aliphatic rings. The number of aliphatic hydroxyl groups excluding tert-OH is 1. The summed E-state index contributed by atoms with van der Waals surface area (Å²) in [5.74, 6) is 0.736. The number of hydrogen-bond acceptors (Lipinski definition) is 9. The second-order valence-electron chi connectivity index (χ2n) is 9.30. The number of carbonyl (C=O) groups is 1. The van der Waals surface area contributed by atoms with Gasteiger partial charge in [0, 0.05) is 61.3 Å². The van der Waals surface area contributed by atoms with Crippen LogP contribution in [0, 0.1) is 0 Å². The van der Waals surface area contributed by atoms with Gasteiger partial charge in [-0.1, -0.05) is 24.3 Å². The van der Waals surface area contributed by atoms with Gasteiger partial charge in [-0.25, -0.2) is 15.0 Å². The van der Waals surface area contributed by atoms with Gasteiger partial charge in [0.25, 0.3) is 0 Å². The Hall–Kier alpha value is -4.35.